The predicted molar refractivity (Wildman–Crippen MR) is 118 cm³/mol. The standard InChI is InChI=1S/C24H27Cl2NO4/c1-29-22(28)24-10-7-23(8-11-24,9-12-24)14-30-13-16-20(27-31-21(16)15-5-6-15)19-17(25)3-2-4-18(19)26/h2-4,15H,5-14H2,1H3. The molecule has 2 bridgehead atoms. The summed E-state index contributed by atoms with van der Waals surface area (Å²) in [4.78, 5) is 12.3. The molecule has 166 valence electrons. The molecule has 0 N–H and O–H groups in total. The Balaban J connectivity index is 1.32. The summed E-state index contributed by atoms with van der Waals surface area (Å²) in [6.45, 7) is 1.10. The minimum absolute atomic E-state index is 0.0403. The Morgan fingerprint density at radius 2 is 1.77 bits per heavy atom. The average molecular weight is 464 g/mol. The van der Waals surface area contributed by atoms with Crippen molar-refractivity contribution in [1.82, 2.24) is 5.16 Å². The number of carbonyl (C=O) groups excluding carboxylic acids is 1. The first kappa shape index (κ1) is 21.3. The number of halogens is 2. The van der Waals surface area contributed by atoms with Crippen LogP contribution in [0.15, 0.2) is 22.7 Å². The highest BCUT2D eigenvalue weighted by atomic mass is 35.5. The van der Waals surface area contributed by atoms with Crippen LogP contribution < -0.4 is 0 Å². The first-order valence-electron chi connectivity index (χ1n) is 11.1. The monoisotopic (exact) mass is 463 g/mol. The molecular weight excluding hydrogens is 437 g/mol. The van der Waals surface area contributed by atoms with Gasteiger partial charge in [0.1, 0.15) is 11.5 Å². The van der Waals surface area contributed by atoms with Crippen molar-refractivity contribution < 1.29 is 18.8 Å². The van der Waals surface area contributed by atoms with Gasteiger partial charge in [-0.3, -0.25) is 4.79 Å². The molecule has 2 aromatic rings. The van der Waals surface area contributed by atoms with Crippen molar-refractivity contribution in [3.05, 3.63) is 39.6 Å². The molecular formula is C24H27Cl2NO4. The van der Waals surface area contributed by atoms with E-state index in [4.69, 9.17) is 37.2 Å². The molecule has 4 aliphatic carbocycles. The van der Waals surface area contributed by atoms with Gasteiger partial charge in [0.05, 0.1) is 35.8 Å². The normalized spacial score (nSPS) is 27.5. The Kier molecular flexibility index (Phi) is 5.56. The van der Waals surface area contributed by atoms with Gasteiger partial charge in [-0.2, -0.15) is 0 Å². The van der Waals surface area contributed by atoms with Crippen LogP contribution in [0.2, 0.25) is 10.0 Å². The number of aromatic nitrogens is 1. The van der Waals surface area contributed by atoms with E-state index in [2.05, 4.69) is 5.16 Å². The van der Waals surface area contributed by atoms with Gasteiger partial charge in [-0.25, -0.2) is 0 Å². The summed E-state index contributed by atoms with van der Waals surface area (Å²) < 4.78 is 17.1. The lowest BCUT2D eigenvalue weighted by atomic mass is 9.54. The van der Waals surface area contributed by atoms with Crippen molar-refractivity contribution in [1.29, 1.82) is 0 Å². The zero-order valence-electron chi connectivity index (χ0n) is 17.7. The molecule has 1 aromatic carbocycles. The van der Waals surface area contributed by atoms with Crippen molar-refractivity contribution in [3.8, 4) is 11.3 Å². The van der Waals surface area contributed by atoms with Crippen LogP contribution >= 0.6 is 23.2 Å². The molecule has 0 spiro atoms. The lowest BCUT2D eigenvalue weighted by molar-refractivity contribution is -0.165. The fraction of sp³-hybridized carbons (Fsp3) is 0.583. The van der Waals surface area contributed by atoms with Gasteiger partial charge in [0.2, 0.25) is 0 Å². The van der Waals surface area contributed by atoms with Crippen molar-refractivity contribution in [3.63, 3.8) is 0 Å². The largest absolute Gasteiger partial charge is 0.469 e. The Bertz CT molecular complexity index is 953. The summed E-state index contributed by atoms with van der Waals surface area (Å²) in [5, 5.41) is 5.46. The van der Waals surface area contributed by atoms with Crippen LogP contribution in [-0.4, -0.2) is 24.8 Å². The Hall–Kier alpha value is -1.56. The second-order valence-corrected chi connectivity index (χ2v) is 10.3. The number of rotatable bonds is 7. The fourth-order valence-corrected chi connectivity index (χ4v) is 6.00. The third kappa shape index (κ3) is 3.79. The number of hydrogen-bond acceptors (Lipinski definition) is 5. The van der Waals surface area contributed by atoms with Crippen LogP contribution in [0.1, 0.15) is 68.6 Å². The molecule has 4 aliphatic rings. The van der Waals surface area contributed by atoms with E-state index in [0.717, 1.165) is 62.7 Å². The van der Waals surface area contributed by atoms with Crippen LogP contribution in [-0.2, 0) is 20.9 Å². The van der Waals surface area contributed by atoms with E-state index in [1.165, 1.54) is 7.11 Å². The van der Waals surface area contributed by atoms with Crippen molar-refractivity contribution in [2.24, 2.45) is 10.8 Å². The number of hydrogen-bond donors (Lipinski definition) is 0. The van der Waals surface area contributed by atoms with Crippen LogP contribution in [0.3, 0.4) is 0 Å². The Morgan fingerprint density at radius 3 is 2.35 bits per heavy atom. The van der Waals surface area contributed by atoms with Gasteiger partial charge >= 0.3 is 5.97 Å². The highest BCUT2D eigenvalue weighted by Gasteiger charge is 2.53. The minimum atomic E-state index is -0.266. The highest BCUT2D eigenvalue weighted by molar-refractivity contribution is 6.39. The number of fused-ring (bicyclic) bond motifs is 3. The molecule has 0 amide bonds. The summed E-state index contributed by atoms with van der Waals surface area (Å²) in [7, 11) is 1.50. The number of nitrogens with zero attached hydrogens (tertiary/aromatic N) is 1. The first-order chi connectivity index (χ1) is 15.0. The van der Waals surface area contributed by atoms with Crippen molar-refractivity contribution in [2.75, 3.05) is 13.7 Å². The van der Waals surface area contributed by atoms with Crippen molar-refractivity contribution in [2.45, 2.75) is 63.9 Å². The number of carbonyl (C=O) groups is 1. The number of ether oxygens (including phenoxy) is 2. The van der Waals surface area contributed by atoms with Gasteiger partial charge in [-0.1, -0.05) is 34.4 Å². The number of esters is 1. The first-order valence-corrected chi connectivity index (χ1v) is 11.8. The van der Waals surface area contributed by atoms with Crippen molar-refractivity contribution >= 4 is 29.2 Å². The molecule has 7 heteroatoms. The summed E-state index contributed by atoms with van der Waals surface area (Å²) in [6, 6.07) is 5.46. The lowest BCUT2D eigenvalue weighted by Crippen LogP contribution is -2.48. The van der Waals surface area contributed by atoms with E-state index in [-0.39, 0.29) is 16.8 Å². The quantitative estimate of drug-likeness (QED) is 0.435. The Morgan fingerprint density at radius 1 is 1.13 bits per heavy atom. The maximum absolute atomic E-state index is 12.3. The van der Waals surface area contributed by atoms with Gasteiger partial charge in [0.15, 0.2) is 0 Å². The van der Waals surface area contributed by atoms with Gasteiger partial charge < -0.3 is 14.0 Å². The topological polar surface area (TPSA) is 61.6 Å². The molecule has 4 fully saturated rings. The van der Waals surface area contributed by atoms with E-state index in [1.54, 1.807) is 0 Å². The molecule has 1 heterocycles. The summed E-state index contributed by atoms with van der Waals surface area (Å²) in [5.41, 5.74) is 2.24. The molecule has 1 aromatic heterocycles. The smallest absolute Gasteiger partial charge is 0.311 e. The van der Waals surface area contributed by atoms with E-state index < -0.39 is 0 Å². The fourth-order valence-electron chi connectivity index (χ4n) is 5.42. The van der Waals surface area contributed by atoms with Gasteiger partial charge in [0.25, 0.3) is 0 Å². The Labute approximate surface area is 192 Å². The van der Waals surface area contributed by atoms with Gasteiger partial charge in [-0.05, 0) is 68.9 Å². The SMILES string of the molecule is COC(=O)C12CCC(COCc3c(-c4c(Cl)cccc4Cl)noc3C3CC3)(CC1)CC2. The van der Waals surface area contributed by atoms with Crippen LogP contribution in [0.25, 0.3) is 11.3 Å². The molecule has 0 atom stereocenters. The van der Waals surface area contributed by atoms with E-state index in [9.17, 15) is 4.79 Å². The molecule has 0 aliphatic heterocycles. The summed E-state index contributed by atoms with van der Waals surface area (Å²) in [5.74, 6) is 1.27. The molecule has 0 saturated heterocycles. The second kappa shape index (κ2) is 8.09. The average Bonchev–Trinajstić information content (AvgIpc) is 3.55. The number of methoxy groups -OCH3 is 1. The van der Waals surface area contributed by atoms with Gasteiger partial charge in [0, 0.05) is 17.0 Å². The summed E-state index contributed by atoms with van der Waals surface area (Å²) in [6.07, 6.45) is 7.91. The molecule has 6 rings (SSSR count). The van der Waals surface area contributed by atoms with Crippen LogP contribution in [0, 0.1) is 10.8 Å². The molecule has 0 unspecified atom stereocenters. The molecule has 4 saturated carbocycles. The van der Waals surface area contributed by atoms with E-state index >= 15 is 0 Å². The minimum Gasteiger partial charge on any atom is -0.469 e. The maximum atomic E-state index is 12.3. The second-order valence-electron chi connectivity index (χ2n) is 9.51. The maximum Gasteiger partial charge on any atom is 0.311 e. The third-order valence-corrected chi connectivity index (χ3v) is 8.27. The molecule has 31 heavy (non-hydrogen) atoms. The lowest BCUT2D eigenvalue weighted by Gasteiger charge is -2.51. The zero-order chi connectivity index (χ0) is 21.6. The number of benzene rings is 1. The molecule has 5 nitrogen and oxygen atoms in total. The van der Waals surface area contributed by atoms with Gasteiger partial charge in [-0.15, -0.1) is 0 Å². The highest BCUT2D eigenvalue weighted by Crippen LogP contribution is 2.57. The third-order valence-electron chi connectivity index (χ3n) is 7.64. The van der Waals surface area contributed by atoms with E-state index in [0.29, 0.717) is 40.4 Å². The van der Waals surface area contributed by atoms with Crippen LogP contribution in [0.5, 0.6) is 0 Å². The van der Waals surface area contributed by atoms with E-state index in [1.807, 2.05) is 18.2 Å². The summed E-state index contributed by atoms with van der Waals surface area (Å²) >= 11 is 12.9. The zero-order valence-corrected chi connectivity index (χ0v) is 19.2. The molecule has 0 radical (unpaired) electrons. The van der Waals surface area contributed by atoms with Crippen LogP contribution in [0.4, 0.5) is 0 Å². The predicted octanol–water partition coefficient (Wildman–Crippen LogP) is 6.56.